The van der Waals surface area contributed by atoms with Gasteiger partial charge in [0, 0.05) is 26.2 Å². The number of imidazole rings is 1. The molecule has 0 spiro atoms. The zero-order chi connectivity index (χ0) is 17.6. The van der Waals surface area contributed by atoms with Crippen molar-refractivity contribution in [3.05, 3.63) is 16.7 Å². The van der Waals surface area contributed by atoms with Gasteiger partial charge in [-0.25, -0.2) is 9.97 Å². The summed E-state index contributed by atoms with van der Waals surface area (Å²) in [5, 5.41) is 33.0. The quantitative estimate of drug-likeness (QED) is 0.393. The monoisotopic (exact) mass is 352 g/mol. The number of nitrogens with one attached hydrogen (secondary N) is 2. The van der Waals surface area contributed by atoms with Gasteiger partial charge >= 0.3 is 0 Å². The molecule has 5 N–H and O–H groups in total. The summed E-state index contributed by atoms with van der Waals surface area (Å²) in [6, 6.07) is 0. The molecule has 0 saturated carbocycles. The first kappa shape index (κ1) is 16.4. The Morgan fingerprint density at radius 2 is 2.04 bits per heavy atom. The molecule has 4 rings (SSSR count). The smallest absolute Gasteiger partial charge is 0.278 e. The minimum absolute atomic E-state index is 0.133. The van der Waals surface area contributed by atoms with E-state index in [1.54, 1.807) is 0 Å². The van der Waals surface area contributed by atoms with Crippen molar-refractivity contribution in [2.24, 2.45) is 0 Å². The van der Waals surface area contributed by atoms with Gasteiger partial charge in [-0.05, 0) is 0 Å². The summed E-state index contributed by atoms with van der Waals surface area (Å²) >= 11 is 0. The first-order valence-electron chi connectivity index (χ1n) is 8.15. The number of hydrogen-bond acceptors (Lipinski definition) is 9. The van der Waals surface area contributed by atoms with E-state index in [0.29, 0.717) is 19.0 Å². The maximum absolute atomic E-state index is 12.1. The van der Waals surface area contributed by atoms with Gasteiger partial charge in [0.15, 0.2) is 17.4 Å². The minimum atomic E-state index is -1.28. The van der Waals surface area contributed by atoms with Crippen molar-refractivity contribution in [2.75, 3.05) is 37.7 Å². The van der Waals surface area contributed by atoms with Gasteiger partial charge in [0.2, 0.25) is 5.95 Å². The third-order valence-electron chi connectivity index (χ3n) is 4.64. The summed E-state index contributed by atoms with van der Waals surface area (Å²) < 4.78 is 7.16. The summed E-state index contributed by atoms with van der Waals surface area (Å²) in [4.78, 5) is 25.2. The summed E-state index contributed by atoms with van der Waals surface area (Å²) in [6.07, 6.45) is -3.19. The highest BCUT2D eigenvalue weighted by Gasteiger charge is 2.45. The lowest BCUT2D eigenvalue weighted by molar-refractivity contribution is -0.0504. The number of fused-ring (bicyclic) bond motifs is 1. The predicted octanol–water partition coefficient (Wildman–Crippen LogP) is -2.86. The molecule has 4 heterocycles. The van der Waals surface area contributed by atoms with Crippen molar-refractivity contribution in [3.63, 3.8) is 0 Å². The van der Waals surface area contributed by atoms with E-state index < -0.39 is 36.7 Å². The number of aromatic amines is 1. The van der Waals surface area contributed by atoms with Crippen LogP contribution in [0, 0.1) is 0 Å². The fourth-order valence-electron chi connectivity index (χ4n) is 3.32. The molecule has 0 aromatic carbocycles. The Labute approximate surface area is 141 Å². The average Bonchev–Trinajstić information content (AvgIpc) is 3.15. The first-order chi connectivity index (χ1) is 12.1. The largest absolute Gasteiger partial charge is 0.394 e. The van der Waals surface area contributed by atoms with Crippen LogP contribution in [-0.4, -0.2) is 85.9 Å². The van der Waals surface area contributed by atoms with Crippen LogP contribution in [0.15, 0.2) is 11.1 Å². The number of hydrogen-bond donors (Lipinski definition) is 5. The standard InChI is InChI=1S/C14H20N6O5/c21-5-7-9(22)10(23)13(25-7)20-11-8(12(24)17-6-16-11)18-14(20)19-3-1-15-2-4-19/h6-7,9-10,13,15,21-23H,1-5H2,(H,16,17,24)/t7-,9-,10-,13+/m0/s1. The number of piperazine rings is 1. The number of rotatable bonds is 3. The van der Waals surface area contributed by atoms with Crippen molar-refractivity contribution in [1.29, 1.82) is 0 Å². The van der Waals surface area contributed by atoms with E-state index >= 15 is 0 Å². The molecule has 25 heavy (non-hydrogen) atoms. The highest BCUT2D eigenvalue weighted by molar-refractivity contribution is 5.74. The normalized spacial score (nSPS) is 30.3. The molecule has 2 saturated heterocycles. The zero-order valence-electron chi connectivity index (χ0n) is 13.4. The number of H-pyrrole nitrogens is 1. The minimum Gasteiger partial charge on any atom is -0.394 e. The molecule has 0 unspecified atom stereocenters. The SMILES string of the molecule is O=c1[nH]cnc2c1nc(N1CCNCC1)n2[C@@H]1O[C@@H](CO)[C@H](O)[C@@H]1O. The van der Waals surface area contributed by atoms with Gasteiger partial charge in [0.05, 0.1) is 12.9 Å². The van der Waals surface area contributed by atoms with Crippen LogP contribution in [-0.2, 0) is 4.74 Å². The van der Waals surface area contributed by atoms with Crippen molar-refractivity contribution >= 4 is 17.1 Å². The van der Waals surface area contributed by atoms with E-state index in [9.17, 15) is 20.1 Å². The fourth-order valence-corrected chi connectivity index (χ4v) is 3.32. The Morgan fingerprint density at radius 1 is 1.28 bits per heavy atom. The van der Waals surface area contributed by atoms with E-state index in [1.165, 1.54) is 10.9 Å². The Morgan fingerprint density at radius 3 is 2.72 bits per heavy atom. The molecule has 0 bridgehead atoms. The van der Waals surface area contributed by atoms with E-state index in [-0.39, 0.29) is 11.2 Å². The van der Waals surface area contributed by atoms with Gasteiger partial charge < -0.3 is 35.3 Å². The summed E-state index contributed by atoms with van der Waals surface area (Å²) in [6.45, 7) is 2.40. The van der Waals surface area contributed by atoms with Crippen molar-refractivity contribution in [1.82, 2.24) is 24.8 Å². The van der Waals surface area contributed by atoms with Gasteiger partial charge in [0.1, 0.15) is 18.3 Å². The van der Waals surface area contributed by atoms with Crippen molar-refractivity contribution in [2.45, 2.75) is 24.5 Å². The molecule has 4 atom stereocenters. The van der Waals surface area contributed by atoms with E-state index in [1.807, 2.05) is 4.90 Å². The van der Waals surface area contributed by atoms with E-state index in [2.05, 4.69) is 20.3 Å². The number of aromatic nitrogens is 4. The Hall–Kier alpha value is -2.05. The highest BCUT2D eigenvalue weighted by Crippen LogP contribution is 2.34. The molecule has 0 amide bonds. The van der Waals surface area contributed by atoms with Gasteiger partial charge in [-0.15, -0.1) is 0 Å². The van der Waals surface area contributed by atoms with Crippen LogP contribution in [0.3, 0.4) is 0 Å². The number of ether oxygens (including phenoxy) is 1. The molecular formula is C14H20N6O5. The van der Waals surface area contributed by atoms with Crippen LogP contribution >= 0.6 is 0 Å². The van der Waals surface area contributed by atoms with Crippen LogP contribution < -0.4 is 15.8 Å². The molecule has 136 valence electrons. The van der Waals surface area contributed by atoms with Crippen LogP contribution in [0.2, 0.25) is 0 Å². The van der Waals surface area contributed by atoms with Crippen LogP contribution in [0.25, 0.3) is 11.2 Å². The molecule has 2 aliphatic heterocycles. The molecule has 0 radical (unpaired) electrons. The maximum Gasteiger partial charge on any atom is 0.278 e. The van der Waals surface area contributed by atoms with Crippen molar-refractivity contribution in [3.8, 4) is 0 Å². The topological polar surface area (TPSA) is 149 Å². The summed E-state index contributed by atoms with van der Waals surface area (Å²) in [5.74, 6) is 0.440. The fraction of sp³-hybridized carbons (Fsp3) is 0.643. The number of aliphatic hydroxyl groups excluding tert-OH is 3. The Balaban J connectivity index is 1.86. The van der Waals surface area contributed by atoms with Gasteiger partial charge in [-0.2, -0.15) is 0 Å². The molecule has 11 heteroatoms. The lowest BCUT2D eigenvalue weighted by Crippen LogP contribution is -2.45. The van der Waals surface area contributed by atoms with Gasteiger partial charge in [0.25, 0.3) is 5.56 Å². The molecule has 0 aliphatic carbocycles. The second kappa shape index (κ2) is 6.35. The highest BCUT2D eigenvalue weighted by atomic mass is 16.6. The number of aliphatic hydroxyl groups is 3. The lowest BCUT2D eigenvalue weighted by Gasteiger charge is -2.30. The third-order valence-corrected chi connectivity index (χ3v) is 4.64. The Bertz CT molecular complexity index is 816. The van der Waals surface area contributed by atoms with Crippen LogP contribution in [0.5, 0.6) is 0 Å². The van der Waals surface area contributed by atoms with Crippen LogP contribution in [0.4, 0.5) is 5.95 Å². The summed E-state index contributed by atoms with van der Waals surface area (Å²) in [7, 11) is 0. The predicted molar refractivity (Wildman–Crippen MR) is 86.2 cm³/mol. The molecule has 2 aromatic rings. The zero-order valence-corrected chi connectivity index (χ0v) is 13.4. The molecular weight excluding hydrogens is 332 g/mol. The number of anilines is 1. The molecule has 11 nitrogen and oxygen atoms in total. The lowest BCUT2D eigenvalue weighted by atomic mass is 10.1. The van der Waals surface area contributed by atoms with E-state index in [0.717, 1.165) is 13.1 Å². The molecule has 2 aliphatic rings. The van der Waals surface area contributed by atoms with E-state index in [4.69, 9.17) is 4.74 Å². The average molecular weight is 352 g/mol. The second-order valence-corrected chi connectivity index (χ2v) is 6.15. The summed E-state index contributed by atoms with van der Waals surface area (Å²) in [5.41, 5.74) is -0.00669. The van der Waals surface area contributed by atoms with Gasteiger partial charge in [-0.3, -0.25) is 9.36 Å². The van der Waals surface area contributed by atoms with Gasteiger partial charge in [-0.1, -0.05) is 0 Å². The van der Waals surface area contributed by atoms with Crippen LogP contribution in [0.1, 0.15) is 6.23 Å². The maximum atomic E-state index is 12.1. The molecule has 2 fully saturated rings. The van der Waals surface area contributed by atoms with Crippen molar-refractivity contribution < 1.29 is 20.1 Å². The first-order valence-corrected chi connectivity index (χ1v) is 8.15. The second-order valence-electron chi connectivity index (χ2n) is 6.15. The molecule has 2 aromatic heterocycles. The number of nitrogens with zero attached hydrogens (tertiary/aromatic N) is 4. The Kier molecular flexibility index (Phi) is 4.17. The third kappa shape index (κ3) is 2.60.